The van der Waals surface area contributed by atoms with E-state index in [1.165, 1.54) is 18.3 Å². The molecule has 2 bridgehead atoms. The van der Waals surface area contributed by atoms with Gasteiger partial charge >= 0.3 is 6.36 Å². The molecule has 5 N–H and O–H groups in total. The average molecular weight is 741 g/mol. The van der Waals surface area contributed by atoms with E-state index in [-0.39, 0.29) is 41.1 Å². The van der Waals surface area contributed by atoms with Gasteiger partial charge in [0.25, 0.3) is 17.4 Å². The number of hydrogen-bond donors (Lipinski definition) is 5. The van der Waals surface area contributed by atoms with Crippen LogP contribution < -0.4 is 31.6 Å². The van der Waals surface area contributed by atoms with Crippen molar-refractivity contribution >= 4 is 46.0 Å². The third kappa shape index (κ3) is 9.13. The van der Waals surface area contributed by atoms with Crippen molar-refractivity contribution in [2.75, 3.05) is 5.32 Å². The Morgan fingerprint density at radius 3 is 2.49 bits per heavy atom. The predicted molar refractivity (Wildman–Crippen MR) is 183 cm³/mol. The molecule has 1 aromatic carbocycles. The van der Waals surface area contributed by atoms with Crippen LogP contribution in [0.2, 0.25) is 0 Å². The largest absolute Gasteiger partial charge is 0.573 e. The normalized spacial score (nSPS) is 20.2. The SMILES string of the molecule is O=C(Cn1cccc(NC(=O)[C@H](CCC(=O)C(=O)NC2CCCC2)NC(=O)c2cnc3ccc(OC(F)(F)F)cc3c2O)c1=O)NC1CC2CCC1C2. The van der Waals surface area contributed by atoms with Gasteiger partial charge in [0.05, 0.1) is 5.52 Å². The number of amides is 4. The molecule has 2 heterocycles. The molecule has 0 spiro atoms. The van der Waals surface area contributed by atoms with Gasteiger partial charge in [-0.1, -0.05) is 19.3 Å². The number of rotatable bonds is 13. The van der Waals surface area contributed by atoms with Crippen molar-refractivity contribution in [3.63, 3.8) is 0 Å². The summed E-state index contributed by atoms with van der Waals surface area (Å²) in [7, 11) is 0. The van der Waals surface area contributed by atoms with E-state index in [0.717, 1.165) is 80.3 Å². The van der Waals surface area contributed by atoms with Crippen molar-refractivity contribution in [2.24, 2.45) is 11.8 Å². The first-order chi connectivity index (χ1) is 25.2. The lowest BCUT2D eigenvalue weighted by Crippen LogP contribution is -2.46. The van der Waals surface area contributed by atoms with E-state index in [9.17, 15) is 47.0 Å². The standard InChI is InChI=1S/C36H39F3N6O8/c37-36(38,39)53-22-9-10-25-23(16-22)31(48)24(17-40-25)32(49)43-26(11-12-29(46)34(51)41-21-4-1-2-5-21)33(50)44-27-6-3-13-45(35(27)52)18-30(47)42-28-15-19-7-8-20(28)14-19/h3,6,9-10,13,16-17,19-21,26,28H,1-2,4-5,7-8,11-12,14-15,18H2,(H,40,48)(H,41,51)(H,42,47)(H,43,49)(H,44,50)/t19?,20?,26-,28?/m0/s1. The summed E-state index contributed by atoms with van der Waals surface area (Å²) in [5.41, 5.74) is -1.43. The second-order valence-electron chi connectivity index (χ2n) is 13.9. The number of hydrogen-bond acceptors (Lipinski definition) is 9. The average Bonchev–Trinajstić information content (AvgIpc) is 3.88. The molecule has 3 aliphatic carbocycles. The Morgan fingerprint density at radius 1 is 1.02 bits per heavy atom. The molecule has 4 amide bonds. The Kier molecular flexibility index (Phi) is 11.0. The van der Waals surface area contributed by atoms with Gasteiger partial charge in [-0.3, -0.25) is 33.8 Å². The summed E-state index contributed by atoms with van der Waals surface area (Å²) < 4.78 is 43.5. The number of nitrogens with one attached hydrogen (secondary N) is 4. The maximum absolute atomic E-state index is 13.6. The molecule has 14 nitrogen and oxygen atoms in total. The lowest BCUT2D eigenvalue weighted by Gasteiger charge is -2.23. The lowest BCUT2D eigenvalue weighted by molar-refractivity contribution is -0.274. The van der Waals surface area contributed by atoms with Crippen molar-refractivity contribution in [3.05, 3.63) is 58.6 Å². The van der Waals surface area contributed by atoms with E-state index in [1.807, 2.05) is 0 Å². The smallest absolute Gasteiger partial charge is 0.506 e. The van der Waals surface area contributed by atoms with Crippen molar-refractivity contribution in [1.29, 1.82) is 0 Å². The van der Waals surface area contributed by atoms with Gasteiger partial charge < -0.3 is 35.7 Å². The minimum absolute atomic E-state index is 0.0336. The number of pyridine rings is 2. The van der Waals surface area contributed by atoms with Crippen LogP contribution in [0.25, 0.3) is 10.9 Å². The van der Waals surface area contributed by atoms with E-state index < -0.39 is 71.4 Å². The number of alkyl halides is 3. The number of carbonyl (C=O) groups excluding carboxylic acids is 5. The highest BCUT2D eigenvalue weighted by molar-refractivity contribution is 6.36. The van der Waals surface area contributed by atoms with E-state index in [4.69, 9.17) is 0 Å². The minimum atomic E-state index is -5.03. The molecule has 3 fully saturated rings. The van der Waals surface area contributed by atoms with Gasteiger partial charge in [0.1, 0.15) is 35.3 Å². The molecule has 3 unspecified atom stereocenters. The Bertz CT molecular complexity index is 1980. The Labute approximate surface area is 300 Å². The van der Waals surface area contributed by atoms with E-state index in [0.29, 0.717) is 11.8 Å². The second kappa shape index (κ2) is 15.6. The molecule has 0 aliphatic heterocycles. The maximum atomic E-state index is 13.6. The fourth-order valence-corrected chi connectivity index (χ4v) is 7.56. The number of anilines is 1. The summed E-state index contributed by atoms with van der Waals surface area (Å²) >= 11 is 0. The number of benzene rings is 1. The first kappa shape index (κ1) is 37.3. The van der Waals surface area contributed by atoms with Crippen molar-refractivity contribution in [2.45, 2.75) is 95.2 Å². The molecule has 4 atom stereocenters. The maximum Gasteiger partial charge on any atom is 0.573 e. The lowest BCUT2D eigenvalue weighted by atomic mass is 9.95. The number of ether oxygens (including phenoxy) is 1. The zero-order chi connectivity index (χ0) is 37.9. The van der Waals surface area contributed by atoms with Crippen LogP contribution in [-0.2, 0) is 25.7 Å². The number of Topliss-reactive ketones (excluding diaryl/α,β-unsaturated/α-hetero) is 1. The molecule has 282 valence electrons. The van der Waals surface area contributed by atoms with Gasteiger partial charge in [-0.15, -0.1) is 13.2 Å². The summed E-state index contributed by atoms with van der Waals surface area (Å²) in [6.45, 7) is -0.300. The first-order valence-electron chi connectivity index (χ1n) is 17.6. The number of ketones is 1. The van der Waals surface area contributed by atoms with Gasteiger partial charge in [0.15, 0.2) is 0 Å². The number of aromatic nitrogens is 2. The fraction of sp³-hybridized carbons (Fsp3) is 0.472. The number of fused-ring (bicyclic) bond motifs is 3. The van der Waals surface area contributed by atoms with Gasteiger partial charge in [-0.25, -0.2) is 0 Å². The van der Waals surface area contributed by atoms with E-state index in [1.54, 1.807) is 0 Å². The van der Waals surface area contributed by atoms with Crippen LogP contribution in [-0.4, -0.2) is 68.6 Å². The van der Waals surface area contributed by atoms with Crippen LogP contribution in [0.5, 0.6) is 11.5 Å². The number of carbonyl (C=O) groups is 5. The first-order valence-corrected chi connectivity index (χ1v) is 17.6. The molecule has 6 rings (SSSR count). The Morgan fingerprint density at radius 2 is 1.79 bits per heavy atom. The molecular formula is C36H39F3N6O8. The summed E-state index contributed by atoms with van der Waals surface area (Å²) in [5.74, 6) is -4.51. The second-order valence-corrected chi connectivity index (χ2v) is 13.9. The molecule has 3 aliphatic rings. The summed E-state index contributed by atoms with van der Waals surface area (Å²) in [6, 6.07) is 4.05. The predicted octanol–water partition coefficient (Wildman–Crippen LogP) is 3.45. The van der Waals surface area contributed by atoms with Crippen molar-refractivity contribution < 1.29 is 47.0 Å². The monoisotopic (exact) mass is 740 g/mol. The third-order valence-electron chi connectivity index (χ3n) is 10.2. The topological polar surface area (TPSA) is 198 Å². The molecule has 2 aromatic heterocycles. The van der Waals surface area contributed by atoms with Gasteiger partial charge in [0.2, 0.25) is 17.6 Å². The third-order valence-corrected chi connectivity index (χ3v) is 10.2. The minimum Gasteiger partial charge on any atom is -0.506 e. The highest BCUT2D eigenvalue weighted by Gasteiger charge is 2.40. The molecule has 3 saturated carbocycles. The molecule has 0 radical (unpaired) electrons. The molecule has 53 heavy (non-hydrogen) atoms. The van der Waals surface area contributed by atoms with Gasteiger partial charge in [-0.2, -0.15) is 0 Å². The fourth-order valence-electron chi connectivity index (χ4n) is 7.56. The number of halogens is 3. The van der Waals surface area contributed by atoms with Crippen molar-refractivity contribution in [1.82, 2.24) is 25.5 Å². The van der Waals surface area contributed by atoms with Crippen LogP contribution in [0.1, 0.15) is 74.6 Å². The van der Waals surface area contributed by atoms with E-state index in [2.05, 4.69) is 31.0 Å². The molecule has 17 heteroatoms. The Hall–Kier alpha value is -5.48. The van der Waals surface area contributed by atoms with Crippen LogP contribution in [0, 0.1) is 11.8 Å². The zero-order valence-electron chi connectivity index (χ0n) is 28.5. The summed E-state index contributed by atoms with van der Waals surface area (Å²) in [6.07, 6.45) is 3.88. The molecular weight excluding hydrogens is 701 g/mol. The Balaban J connectivity index is 1.18. The number of aromatic hydroxyl groups is 1. The quantitative estimate of drug-likeness (QED) is 0.163. The molecule has 3 aromatic rings. The summed E-state index contributed by atoms with van der Waals surface area (Å²) in [5, 5.41) is 21.1. The van der Waals surface area contributed by atoms with Gasteiger partial charge in [-0.05, 0) is 80.7 Å². The van der Waals surface area contributed by atoms with Gasteiger partial charge in [0, 0.05) is 36.3 Å². The van der Waals surface area contributed by atoms with Crippen LogP contribution in [0.15, 0.2) is 47.5 Å². The van der Waals surface area contributed by atoms with E-state index >= 15 is 0 Å². The van der Waals surface area contributed by atoms with Crippen LogP contribution in [0.3, 0.4) is 0 Å². The van der Waals surface area contributed by atoms with Crippen LogP contribution in [0.4, 0.5) is 18.9 Å². The number of nitrogens with zero attached hydrogens (tertiary/aromatic N) is 2. The summed E-state index contributed by atoms with van der Waals surface area (Å²) in [4.78, 5) is 82.6. The van der Waals surface area contributed by atoms with Crippen molar-refractivity contribution in [3.8, 4) is 11.5 Å². The zero-order valence-corrected chi connectivity index (χ0v) is 28.5. The highest BCUT2D eigenvalue weighted by Crippen LogP contribution is 2.44. The van der Waals surface area contributed by atoms with Crippen LogP contribution >= 0.6 is 0 Å². The molecule has 0 saturated heterocycles. The highest BCUT2D eigenvalue weighted by atomic mass is 19.4.